The molecular formula is C22H28N4O. The second kappa shape index (κ2) is 6.95. The minimum atomic E-state index is -0.0241. The van der Waals surface area contributed by atoms with Gasteiger partial charge in [0.25, 0.3) is 0 Å². The minimum Gasteiger partial charge on any atom is -0.356 e. The van der Waals surface area contributed by atoms with Crippen molar-refractivity contribution >= 4 is 11.7 Å². The molecule has 2 aliphatic heterocycles. The Hall–Kier alpha value is -2.43. The lowest BCUT2D eigenvalue weighted by atomic mass is 9.81. The topological polar surface area (TPSA) is 49.3 Å². The minimum absolute atomic E-state index is 0.00395. The summed E-state index contributed by atoms with van der Waals surface area (Å²) in [6, 6.07) is 12.3. The number of carbonyl (C=O) groups excluding carboxylic acids is 1. The van der Waals surface area contributed by atoms with Gasteiger partial charge in [-0.05, 0) is 38.2 Å². The molecule has 1 aromatic carbocycles. The first-order valence-electron chi connectivity index (χ1n) is 9.94. The van der Waals surface area contributed by atoms with E-state index in [1.54, 1.807) is 0 Å². The molecule has 2 aromatic rings. The molecule has 5 nitrogen and oxygen atoms in total. The summed E-state index contributed by atoms with van der Waals surface area (Å²) in [5.74, 6) is 2.12. The molecule has 0 saturated carbocycles. The Balaban J connectivity index is 1.51. The molecule has 1 amide bonds. The van der Waals surface area contributed by atoms with Crippen molar-refractivity contribution < 1.29 is 4.79 Å². The van der Waals surface area contributed by atoms with Crippen molar-refractivity contribution in [2.24, 2.45) is 0 Å². The number of aryl methyl sites for hydroxylation is 2. The van der Waals surface area contributed by atoms with Crippen LogP contribution < -0.4 is 4.90 Å². The fraction of sp³-hybridized carbons (Fsp3) is 0.500. The van der Waals surface area contributed by atoms with E-state index < -0.39 is 0 Å². The van der Waals surface area contributed by atoms with Gasteiger partial charge in [0, 0.05) is 37.4 Å². The number of anilines is 1. The number of amides is 1. The van der Waals surface area contributed by atoms with E-state index in [1.807, 2.05) is 37.1 Å². The van der Waals surface area contributed by atoms with Crippen molar-refractivity contribution in [2.75, 3.05) is 25.0 Å². The fourth-order valence-electron chi connectivity index (χ4n) is 4.66. The number of carbonyl (C=O) groups is 1. The quantitative estimate of drug-likeness (QED) is 0.838. The fourth-order valence-corrected chi connectivity index (χ4v) is 4.66. The summed E-state index contributed by atoms with van der Waals surface area (Å²) in [7, 11) is 1.99. The van der Waals surface area contributed by atoms with E-state index in [-0.39, 0.29) is 17.4 Å². The third-order valence-electron chi connectivity index (χ3n) is 6.38. The molecule has 2 fully saturated rings. The molecule has 2 saturated heterocycles. The van der Waals surface area contributed by atoms with Crippen LogP contribution in [0.4, 0.5) is 5.82 Å². The third-order valence-corrected chi connectivity index (χ3v) is 6.38. The normalized spacial score (nSPS) is 21.9. The van der Waals surface area contributed by atoms with Crippen molar-refractivity contribution in [3.8, 4) is 0 Å². The zero-order valence-corrected chi connectivity index (χ0v) is 16.5. The highest BCUT2D eigenvalue weighted by atomic mass is 16.2. The van der Waals surface area contributed by atoms with Crippen molar-refractivity contribution in [3.63, 3.8) is 0 Å². The van der Waals surface area contributed by atoms with Crippen LogP contribution in [0.15, 0.2) is 36.4 Å². The first kappa shape index (κ1) is 18.0. The number of likely N-dealkylation sites (N-methyl/N-ethyl adjacent to an activating group) is 1. The highest BCUT2D eigenvalue weighted by molar-refractivity contribution is 5.87. The Kier molecular flexibility index (Phi) is 4.62. The largest absolute Gasteiger partial charge is 0.356 e. The van der Waals surface area contributed by atoms with Gasteiger partial charge < -0.3 is 9.80 Å². The molecule has 1 spiro atoms. The average Bonchev–Trinajstić information content (AvgIpc) is 2.94. The highest BCUT2D eigenvalue weighted by Gasteiger charge is 2.50. The highest BCUT2D eigenvalue weighted by Crippen LogP contribution is 2.45. The summed E-state index contributed by atoms with van der Waals surface area (Å²) in [6.07, 6.45) is 3.82. The van der Waals surface area contributed by atoms with Crippen LogP contribution in [-0.2, 0) is 11.2 Å². The number of nitrogens with zero attached hydrogens (tertiary/aromatic N) is 4. The first-order valence-corrected chi connectivity index (χ1v) is 9.94. The van der Waals surface area contributed by atoms with E-state index in [1.165, 1.54) is 0 Å². The maximum Gasteiger partial charge on any atom is 0.230 e. The Labute approximate surface area is 161 Å². The number of likely N-dealkylation sites (tertiary alicyclic amines) is 1. The summed E-state index contributed by atoms with van der Waals surface area (Å²) in [5, 5.41) is 0. The van der Waals surface area contributed by atoms with Crippen LogP contribution in [0.25, 0.3) is 0 Å². The molecular weight excluding hydrogens is 336 g/mol. The van der Waals surface area contributed by atoms with Crippen LogP contribution in [0.2, 0.25) is 0 Å². The Morgan fingerprint density at radius 3 is 2.52 bits per heavy atom. The lowest BCUT2D eigenvalue weighted by molar-refractivity contribution is -0.131. The number of benzene rings is 1. The van der Waals surface area contributed by atoms with Crippen LogP contribution in [0.3, 0.4) is 0 Å². The lowest BCUT2D eigenvalue weighted by Gasteiger charge is -2.44. The monoisotopic (exact) mass is 364 g/mol. The van der Waals surface area contributed by atoms with Gasteiger partial charge in [0.1, 0.15) is 11.6 Å². The van der Waals surface area contributed by atoms with Gasteiger partial charge in [-0.15, -0.1) is 0 Å². The van der Waals surface area contributed by atoms with Gasteiger partial charge in [0.05, 0.1) is 5.92 Å². The van der Waals surface area contributed by atoms with Gasteiger partial charge in [-0.1, -0.05) is 37.3 Å². The molecule has 142 valence electrons. The SMILES string of the molecule is CCc1cc(N2CCC3(CC2)C[C@H](c2ccccc2)C(=O)N3C)nc(C)n1. The summed E-state index contributed by atoms with van der Waals surface area (Å²) < 4.78 is 0. The number of aromatic nitrogens is 2. The van der Waals surface area contributed by atoms with Crippen LogP contribution in [-0.4, -0.2) is 46.5 Å². The van der Waals surface area contributed by atoms with Crippen LogP contribution in [0.1, 0.15) is 49.2 Å². The second-order valence-electron chi connectivity index (χ2n) is 7.89. The van der Waals surface area contributed by atoms with Crippen molar-refractivity contribution in [3.05, 3.63) is 53.5 Å². The zero-order chi connectivity index (χ0) is 19.0. The molecule has 0 bridgehead atoms. The van der Waals surface area contributed by atoms with Gasteiger partial charge >= 0.3 is 0 Å². The van der Waals surface area contributed by atoms with Gasteiger partial charge in [0.2, 0.25) is 5.91 Å². The van der Waals surface area contributed by atoms with E-state index >= 15 is 0 Å². The maximum absolute atomic E-state index is 13.0. The van der Waals surface area contributed by atoms with Crippen LogP contribution >= 0.6 is 0 Å². The zero-order valence-electron chi connectivity index (χ0n) is 16.5. The van der Waals surface area contributed by atoms with Gasteiger partial charge in [-0.3, -0.25) is 4.79 Å². The smallest absolute Gasteiger partial charge is 0.230 e. The summed E-state index contributed by atoms with van der Waals surface area (Å²) in [6.45, 7) is 5.94. The molecule has 0 unspecified atom stereocenters. The summed E-state index contributed by atoms with van der Waals surface area (Å²) in [5.41, 5.74) is 2.21. The molecule has 1 atom stereocenters. The van der Waals surface area contributed by atoms with Gasteiger partial charge in [-0.25, -0.2) is 9.97 Å². The van der Waals surface area contributed by atoms with E-state index in [2.05, 4.69) is 40.0 Å². The van der Waals surface area contributed by atoms with Crippen molar-refractivity contribution in [1.82, 2.24) is 14.9 Å². The van der Waals surface area contributed by atoms with Gasteiger partial charge in [-0.2, -0.15) is 0 Å². The standard InChI is InChI=1S/C22H28N4O/c1-4-18-14-20(24-16(2)23-18)26-12-10-22(11-13-26)15-19(21(27)25(22)3)17-8-6-5-7-9-17/h5-9,14,19H,4,10-13,15H2,1-3H3/t19-/m1/s1. The third kappa shape index (κ3) is 3.20. The molecule has 0 radical (unpaired) electrons. The van der Waals surface area contributed by atoms with Crippen LogP contribution in [0, 0.1) is 6.92 Å². The molecule has 3 heterocycles. The molecule has 0 aliphatic carbocycles. The number of piperidine rings is 1. The predicted octanol–water partition coefficient (Wildman–Crippen LogP) is 3.33. The maximum atomic E-state index is 13.0. The Bertz CT molecular complexity index is 827. The first-order chi connectivity index (χ1) is 13.0. The van der Waals surface area contributed by atoms with E-state index in [0.717, 1.165) is 61.7 Å². The molecule has 0 N–H and O–H groups in total. The summed E-state index contributed by atoms with van der Waals surface area (Å²) in [4.78, 5) is 26.5. The number of hydrogen-bond donors (Lipinski definition) is 0. The van der Waals surface area contributed by atoms with E-state index in [9.17, 15) is 4.79 Å². The molecule has 4 rings (SSSR count). The summed E-state index contributed by atoms with van der Waals surface area (Å²) >= 11 is 0. The van der Waals surface area contributed by atoms with Crippen LogP contribution in [0.5, 0.6) is 0 Å². The lowest BCUT2D eigenvalue weighted by Crippen LogP contribution is -2.51. The molecule has 5 heteroatoms. The average molecular weight is 364 g/mol. The predicted molar refractivity (Wildman–Crippen MR) is 107 cm³/mol. The van der Waals surface area contributed by atoms with Crippen molar-refractivity contribution in [1.29, 1.82) is 0 Å². The van der Waals surface area contributed by atoms with Crippen molar-refractivity contribution in [2.45, 2.75) is 51.0 Å². The Morgan fingerprint density at radius 2 is 1.85 bits per heavy atom. The molecule has 27 heavy (non-hydrogen) atoms. The molecule has 1 aromatic heterocycles. The number of hydrogen-bond acceptors (Lipinski definition) is 4. The molecule has 2 aliphatic rings. The van der Waals surface area contributed by atoms with Gasteiger partial charge in [0.15, 0.2) is 0 Å². The second-order valence-corrected chi connectivity index (χ2v) is 7.89. The van der Waals surface area contributed by atoms with E-state index in [0.29, 0.717) is 0 Å². The van der Waals surface area contributed by atoms with E-state index in [4.69, 9.17) is 0 Å². The number of rotatable bonds is 3. The Morgan fingerprint density at radius 1 is 1.15 bits per heavy atom.